The van der Waals surface area contributed by atoms with Gasteiger partial charge in [0.15, 0.2) is 0 Å². The van der Waals surface area contributed by atoms with E-state index >= 15 is 0 Å². The molecule has 0 unspecified atom stereocenters. The maximum absolute atomic E-state index is 12.6. The molecule has 0 atom stereocenters. The summed E-state index contributed by atoms with van der Waals surface area (Å²) in [4.78, 5) is 23.3. The molecule has 0 radical (unpaired) electrons. The molecule has 1 fully saturated rings. The molecule has 1 aliphatic heterocycles. The number of imidazole rings is 1. The van der Waals surface area contributed by atoms with Crippen molar-refractivity contribution in [3.8, 4) is 0 Å². The molecule has 5 rings (SSSR count). The average molecular weight is 500 g/mol. The van der Waals surface area contributed by atoms with Crippen LogP contribution in [0, 0.1) is 6.92 Å². The lowest BCUT2D eigenvalue weighted by Gasteiger charge is -2.36. The second kappa shape index (κ2) is 11.6. The molecule has 0 bridgehead atoms. The van der Waals surface area contributed by atoms with Gasteiger partial charge in [0.1, 0.15) is 5.65 Å². The van der Waals surface area contributed by atoms with Crippen LogP contribution in [0.3, 0.4) is 0 Å². The third-order valence-corrected chi connectivity index (χ3v) is 7.64. The molecule has 1 N–H and O–H groups in total. The van der Waals surface area contributed by atoms with Crippen molar-refractivity contribution in [1.82, 2.24) is 19.6 Å². The fourth-order valence-corrected chi connectivity index (χ4v) is 5.36. The SMILES string of the molecule is Cc1cccc(N2CCN(CCCNC(=O)c3ccc(SCc4cn5ccccc5n4)cc3)CC2)c1. The van der Waals surface area contributed by atoms with Gasteiger partial charge in [-0.05, 0) is 74.0 Å². The standard InChI is InChI=1S/C29H33N5OS/c1-23-6-4-7-26(20-23)33-18-16-32(17-19-33)14-5-13-30-29(35)24-9-11-27(12-10-24)36-22-25-21-34-15-3-2-8-28(34)31-25/h2-4,6-12,15,20-21H,5,13-14,16-19,22H2,1H3,(H,30,35). The first-order chi connectivity index (χ1) is 17.6. The Labute approximate surface area is 217 Å². The molecule has 6 nitrogen and oxygen atoms in total. The molecule has 0 saturated carbocycles. The largest absolute Gasteiger partial charge is 0.369 e. The number of fused-ring (bicyclic) bond motifs is 1. The molecule has 186 valence electrons. The quantitative estimate of drug-likeness (QED) is 0.263. The number of carbonyl (C=O) groups is 1. The van der Waals surface area contributed by atoms with Crippen LogP contribution in [-0.2, 0) is 5.75 Å². The molecule has 3 heterocycles. The lowest BCUT2D eigenvalue weighted by atomic mass is 10.2. The third kappa shape index (κ3) is 6.28. The van der Waals surface area contributed by atoms with E-state index in [1.807, 2.05) is 53.1 Å². The summed E-state index contributed by atoms with van der Waals surface area (Å²) < 4.78 is 2.04. The summed E-state index contributed by atoms with van der Waals surface area (Å²) in [6.45, 7) is 8.09. The monoisotopic (exact) mass is 499 g/mol. The zero-order valence-corrected chi connectivity index (χ0v) is 21.6. The molecule has 4 aromatic rings. The van der Waals surface area contributed by atoms with E-state index in [1.54, 1.807) is 11.8 Å². The van der Waals surface area contributed by atoms with Gasteiger partial charge in [-0.25, -0.2) is 4.98 Å². The Balaban J connectivity index is 1.00. The summed E-state index contributed by atoms with van der Waals surface area (Å²) in [6.07, 6.45) is 5.04. The number of pyridine rings is 1. The van der Waals surface area contributed by atoms with Crippen molar-refractivity contribution in [1.29, 1.82) is 0 Å². The zero-order chi connectivity index (χ0) is 24.7. The number of hydrogen-bond acceptors (Lipinski definition) is 5. The number of aryl methyl sites for hydroxylation is 1. The fraction of sp³-hybridized carbons (Fsp3) is 0.310. The number of benzene rings is 2. The number of nitrogens with one attached hydrogen (secondary N) is 1. The second-order valence-electron chi connectivity index (χ2n) is 9.29. The molecule has 36 heavy (non-hydrogen) atoms. The predicted molar refractivity (Wildman–Crippen MR) is 148 cm³/mol. The van der Waals surface area contributed by atoms with Crippen LogP contribution in [0.1, 0.15) is 28.0 Å². The van der Waals surface area contributed by atoms with Crippen molar-refractivity contribution in [2.45, 2.75) is 24.0 Å². The highest BCUT2D eigenvalue weighted by Crippen LogP contribution is 2.23. The van der Waals surface area contributed by atoms with Gasteiger partial charge >= 0.3 is 0 Å². The van der Waals surface area contributed by atoms with E-state index in [0.29, 0.717) is 12.1 Å². The van der Waals surface area contributed by atoms with Gasteiger partial charge < -0.3 is 14.6 Å². The van der Waals surface area contributed by atoms with E-state index in [9.17, 15) is 4.79 Å². The van der Waals surface area contributed by atoms with Crippen LogP contribution < -0.4 is 10.2 Å². The first-order valence-corrected chi connectivity index (χ1v) is 13.6. The Hall–Kier alpha value is -3.29. The minimum atomic E-state index is -0.00355. The number of hydrogen-bond donors (Lipinski definition) is 1. The lowest BCUT2D eigenvalue weighted by molar-refractivity contribution is 0.0951. The van der Waals surface area contributed by atoms with E-state index in [0.717, 1.165) is 61.1 Å². The Bertz CT molecular complexity index is 1260. The van der Waals surface area contributed by atoms with Crippen molar-refractivity contribution in [2.75, 3.05) is 44.2 Å². The van der Waals surface area contributed by atoms with Gasteiger partial charge in [-0.2, -0.15) is 0 Å². The smallest absolute Gasteiger partial charge is 0.251 e. The highest BCUT2D eigenvalue weighted by atomic mass is 32.2. The minimum Gasteiger partial charge on any atom is -0.369 e. The van der Waals surface area contributed by atoms with Gasteiger partial charge in [-0.15, -0.1) is 11.8 Å². The predicted octanol–water partition coefficient (Wildman–Crippen LogP) is 4.88. The molecule has 1 aliphatic rings. The second-order valence-corrected chi connectivity index (χ2v) is 10.3. The van der Waals surface area contributed by atoms with Crippen molar-refractivity contribution in [3.05, 3.63) is 95.9 Å². The summed E-state index contributed by atoms with van der Waals surface area (Å²) in [6, 6.07) is 22.6. The third-order valence-electron chi connectivity index (χ3n) is 6.59. The minimum absolute atomic E-state index is 0.00355. The summed E-state index contributed by atoms with van der Waals surface area (Å²) in [5.41, 5.74) is 5.34. The number of nitrogens with zero attached hydrogens (tertiary/aromatic N) is 4. The molecule has 2 aromatic heterocycles. The van der Waals surface area contributed by atoms with Crippen LogP contribution in [-0.4, -0.2) is 59.5 Å². The van der Waals surface area contributed by atoms with E-state index < -0.39 is 0 Å². The molecule has 7 heteroatoms. The maximum atomic E-state index is 12.6. The molecule has 1 saturated heterocycles. The molecule has 2 aromatic carbocycles. The maximum Gasteiger partial charge on any atom is 0.251 e. The molecule has 0 spiro atoms. The van der Waals surface area contributed by atoms with Crippen molar-refractivity contribution in [3.63, 3.8) is 0 Å². The molecular weight excluding hydrogens is 466 g/mol. The van der Waals surface area contributed by atoms with Crippen LogP contribution >= 0.6 is 11.8 Å². The topological polar surface area (TPSA) is 52.9 Å². The van der Waals surface area contributed by atoms with Crippen molar-refractivity contribution >= 4 is 29.0 Å². The Kier molecular flexibility index (Phi) is 7.88. The Morgan fingerprint density at radius 1 is 1.00 bits per heavy atom. The zero-order valence-electron chi connectivity index (χ0n) is 20.8. The highest BCUT2D eigenvalue weighted by molar-refractivity contribution is 7.98. The Morgan fingerprint density at radius 2 is 1.83 bits per heavy atom. The molecular formula is C29H33N5OS. The number of amides is 1. The van der Waals surface area contributed by atoms with Crippen molar-refractivity contribution < 1.29 is 4.79 Å². The number of rotatable bonds is 9. The van der Waals surface area contributed by atoms with Crippen LogP contribution in [0.25, 0.3) is 5.65 Å². The molecule has 0 aliphatic carbocycles. The van der Waals surface area contributed by atoms with E-state index in [4.69, 9.17) is 0 Å². The highest BCUT2D eigenvalue weighted by Gasteiger charge is 2.17. The molecule has 1 amide bonds. The number of piperazine rings is 1. The van der Waals surface area contributed by atoms with Gasteiger partial charge in [0.2, 0.25) is 0 Å². The average Bonchev–Trinajstić information content (AvgIpc) is 3.34. The van der Waals surface area contributed by atoms with Crippen LogP contribution in [0.2, 0.25) is 0 Å². The Morgan fingerprint density at radius 3 is 2.61 bits per heavy atom. The van der Waals surface area contributed by atoms with Crippen LogP contribution in [0.5, 0.6) is 0 Å². The van der Waals surface area contributed by atoms with E-state index in [2.05, 4.69) is 57.5 Å². The number of anilines is 1. The summed E-state index contributed by atoms with van der Waals surface area (Å²) >= 11 is 1.73. The lowest BCUT2D eigenvalue weighted by Crippen LogP contribution is -2.47. The van der Waals surface area contributed by atoms with E-state index in [-0.39, 0.29) is 5.91 Å². The van der Waals surface area contributed by atoms with Crippen molar-refractivity contribution in [2.24, 2.45) is 0 Å². The number of carbonyl (C=O) groups excluding carboxylic acids is 1. The number of thioether (sulfide) groups is 1. The van der Waals surface area contributed by atoms with Gasteiger partial charge in [0.05, 0.1) is 5.69 Å². The fourth-order valence-electron chi connectivity index (χ4n) is 4.58. The summed E-state index contributed by atoms with van der Waals surface area (Å²) in [7, 11) is 0. The summed E-state index contributed by atoms with van der Waals surface area (Å²) in [5, 5.41) is 3.08. The van der Waals surface area contributed by atoms with Crippen LogP contribution in [0.4, 0.5) is 5.69 Å². The first-order valence-electron chi connectivity index (χ1n) is 12.6. The first kappa shape index (κ1) is 24.4. The van der Waals surface area contributed by atoms with Gasteiger partial charge in [-0.3, -0.25) is 9.69 Å². The number of aromatic nitrogens is 2. The van der Waals surface area contributed by atoms with E-state index in [1.165, 1.54) is 11.3 Å². The van der Waals surface area contributed by atoms with Crippen LogP contribution in [0.15, 0.2) is 84.0 Å². The summed E-state index contributed by atoms with van der Waals surface area (Å²) in [5.74, 6) is 0.795. The van der Waals surface area contributed by atoms with Gasteiger partial charge in [0.25, 0.3) is 5.91 Å². The van der Waals surface area contributed by atoms with Gasteiger partial charge in [0, 0.05) is 67.0 Å². The van der Waals surface area contributed by atoms with Gasteiger partial charge in [-0.1, -0.05) is 18.2 Å². The normalized spacial score (nSPS) is 14.3.